The number of carbonyl (C=O) groups excluding carboxylic acids is 4. The highest BCUT2D eigenvalue weighted by Gasteiger charge is 2.41. The van der Waals surface area contributed by atoms with Crippen molar-refractivity contribution in [2.45, 2.75) is 26.3 Å². The molecular formula is C21H21N3O5. The van der Waals surface area contributed by atoms with Crippen LogP contribution >= 0.6 is 0 Å². The Bertz CT molecular complexity index is 1020. The van der Waals surface area contributed by atoms with Crippen molar-refractivity contribution < 1.29 is 23.9 Å². The average molecular weight is 395 g/mol. The van der Waals surface area contributed by atoms with Gasteiger partial charge in [-0.1, -0.05) is 6.07 Å². The summed E-state index contributed by atoms with van der Waals surface area (Å²) in [6, 6.07) is 10.3. The van der Waals surface area contributed by atoms with Crippen molar-refractivity contribution in [3.8, 4) is 0 Å². The topological polar surface area (TPSA) is 105 Å². The van der Waals surface area contributed by atoms with Gasteiger partial charge in [-0.05, 0) is 57.2 Å². The summed E-state index contributed by atoms with van der Waals surface area (Å²) in [6.07, 6.45) is 0. The van der Waals surface area contributed by atoms with E-state index < -0.39 is 23.4 Å². The molecule has 2 N–H and O–H groups in total. The van der Waals surface area contributed by atoms with Crippen LogP contribution < -0.4 is 10.6 Å². The van der Waals surface area contributed by atoms with E-state index in [1.807, 2.05) is 0 Å². The van der Waals surface area contributed by atoms with Crippen molar-refractivity contribution in [3.63, 3.8) is 0 Å². The number of methoxy groups -OCH3 is 1. The Morgan fingerprint density at radius 2 is 1.52 bits per heavy atom. The van der Waals surface area contributed by atoms with Gasteiger partial charge in [0.1, 0.15) is 0 Å². The number of ether oxygens (including phenoxy) is 1. The van der Waals surface area contributed by atoms with E-state index >= 15 is 0 Å². The van der Waals surface area contributed by atoms with E-state index in [9.17, 15) is 19.2 Å². The Labute approximate surface area is 167 Å². The summed E-state index contributed by atoms with van der Waals surface area (Å²) < 4.78 is 4.66. The molecule has 0 aromatic heterocycles. The Kier molecular flexibility index (Phi) is 5.11. The van der Waals surface area contributed by atoms with E-state index in [0.717, 1.165) is 0 Å². The number of hydrogen-bond acceptors (Lipinski definition) is 5. The minimum Gasteiger partial charge on any atom is -0.465 e. The third kappa shape index (κ3) is 3.96. The molecule has 2 aromatic rings. The van der Waals surface area contributed by atoms with E-state index in [0.29, 0.717) is 22.5 Å². The van der Waals surface area contributed by atoms with Crippen LogP contribution in [0.2, 0.25) is 0 Å². The highest BCUT2D eigenvalue weighted by atomic mass is 16.5. The first-order valence-corrected chi connectivity index (χ1v) is 8.91. The van der Waals surface area contributed by atoms with Crippen molar-refractivity contribution in [3.05, 3.63) is 59.2 Å². The van der Waals surface area contributed by atoms with Crippen molar-refractivity contribution in [1.29, 1.82) is 0 Å². The number of carbonyl (C=O) groups is 4. The van der Waals surface area contributed by atoms with Crippen molar-refractivity contribution >= 4 is 35.2 Å². The number of anilines is 2. The third-order valence-electron chi connectivity index (χ3n) is 4.36. The number of nitrogens with zero attached hydrogens (tertiary/aromatic N) is 1. The molecule has 8 nitrogen and oxygen atoms in total. The fourth-order valence-corrected chi connectivity index (χ4v) is 3.06. The second-order valence-corrected chi connectivity index (χ2v) is 7.53. The summed E-state index contributed by atoms with van der Waals surface area (Å²) in [4.78, 5) is 50.3. The number of rotatable bonds is 3. The molecule has 3 rings (SSSR count). The van der Waals surface area contributed by atoms with Crippen LogP contribution in [0.3, 0.4) is 0 Å². The lowest BCUT2D eigenvalue weighted by Crippen LogP contribution is -2.45. The van der Waals surface area contributed by atoms with E-state index in [1.54, 1.807) is 45.0 Å². The number of esters is 1. The number of fused-ring (bicyclic) bond motifs is 1. The largest absolute Gasteiger partial charge is 0.465 e. The van der Waals surface area contributed by atoms with Gasteiger partial charge < -0.3 is 15.4 Å². The molecular weight excluding hydrogens is 374 g/mol. The molecule has 0 saturated carbocycles. The predicted octanol–water partition coefficient (Wildman–Crippen LogP) is 3.51. The molecule has 1 aliphatic rings. The number of benzene rings is 2. The molecule has 8 heteroatoms. The van der Waals surface area contributed by atoms with Crippen LogP contribution in [0.1, 0.15) is 51.8 Å². The molecule has 0 saturated heterocycles. The number of amides is 4. The minimum atomic E-state index is -0.650. The number of imide groups is 1. The Morgan fingerprint density at radius 1 is 0.897 bits per heavy atom. The van der Waals surface area contributed by atoms with Gasteiger partial charge in [0.05, 0.1) is 23.8 Å². The molecule has 2 aromatic carbocycles. The normalized spacial score (nSPS) is 13.2. The van der Waals surface area contributed by atoms with E-state index in [2.05, 4.69) is 15.4 Å². The van der Waals surface area contributed by atoms with Gasteiger partial charge in [0.15, 0.2) is 0 Å². The number of urea groups is 1. The zero-order valence-electron chi connectivity index (χ0n) is 16.5. The summed E-state index contributed by atoms with van der Waals surface area (Å²) in [5, 5.41) is 5.23. The van der Waals surface area contributed by atoms with E-state index in [1.165, 1.54) is 30.2 Å². The first-order valence-electron chi connectivity index (χ1n) is 8.91. The van der Waals surface area contributed by atoms with Gasteiger partial charge >= 0.3 is 12.0 Å². The maximum absolute atomic E-state index is 12.6. The molecule has 4 amide bonds. The maximum Gasteiger partial charge on any atom is 0.337 e. The zero-order valence-corrected chi connectivity index (χ0v) is 16.5. The lowest BCUT2D eigenvalue weighted by Gasteiger charge is -2.29. The summed E-state index contributed by atoms with van der Waals surface area (Å²) in [7, 11) is 1.27. The molecule has 0 unspecified atom stereocenters. The predicted molar refractivity (Wildman–Crippen MR) is 107 cm³/mol. The minimum absolute atomic E-state index is 0.246. The Morgan fingerprint density at radius 3 is 2.14 bits per heavy atom. The van der Waals surface area contributed by atoms with Gasteiger partial charge in [-0.15, -0.1) is 0 Å². The summed E-state index contributed by atoms with van der Waals surface area (Å²) in [6.45, 7) is 5.34. The van der Waals surface area contributed by atoms with Crippen LogP contribution in [0.25, 0.3) is 0 Å². The van der Waals surface area contributed by atoms with Crippen LogP contribution in [-0.2, 0) is 4.74 Å². The lowest BCUT2D eigenvalue weighted by molar-refractivity contribution is 0.0506. The number of hydrogen-bond donors (Lipinski definition) is 2. The molecule has 0 spiro atoms. The molecule has 150 valence electrons. The fraction of sp³-hybridized carbons (Fsp3) is 0.238. The van der Waals surface area contributed by atoms with Crippen LogP contribution in [0.15, 0.2) is 42.5 Å². The van der Waals surface area contributed by atoms with Gasteiger partial charge in [-0.25, -0.2) is 9.59 Å². The molecule has 29 heavy (non-hydrogen) atoms. The van der Waals surface area contributed by atoms with Crippen molar-refractivity contribution in [2.24, 2.45) is 0 Å². The zero-order chi connectivity index (χ0) is 21.3. The van der Waals surface area contributed by atoms with Crippen LogP contribution in [0, 0.1) is 0 Å². The standard InChI is InChI=1S/C21H21N3O5/c1-21(2,3)24-17(25)15-9-8-14(11-16(15)18(24)26)23-20(28)22-13-7-5-6-12(10-13)19(27)29-4/h5-11H,1-4H3,(H2,22,23,28). The molecule has 0 aliphatic carbocycles. The van der Waals surface area contributed by atoms with Crippen molar-refractivity contribution in [1.82, 2.24) is 4.90 Å². The summed E-state index contributed by atoms with van der Waals surface area (Å²) in [5.41, 5.74) is 0.966. The third-order valence-corrected chi connectivity index (χ3v) is 4.36. The lowest BCUT2D eigenvalue weighted by atomic mass is 10.1. The molecule has 0 bridgehead atoms. The highest BCUT2D eigenvalue weighted by molar-refractivity contribution is 6.22. The molecule has 1 aliphatic heterocycles. The quantitative estimate of drug-likeness (QED) is 0.611. The first-order chi connectivity index (χ1) is 13.6. The highest BCUT2D eigenvalue weighted by Crippen LogP contribution is 2.31. The maximum atomic E-state index is 12.6. The van der Waals surface area contributed by atoms with Crippen molar-refractivity contribution in [2.75, 3.05) is 17.7 Å². The van der Waals surface area contributed by atoms with E-state index in [4.69, 9.17) is 0 Å². The molecule has 0 atom stereocenters. The summed E-state index contributed by atoms with van der Waals surface area (Å²) >= 11 is 0. The fourth-order valence-electron chi connectivity index (χ4n) is 3.06. The van der Waals surface area contributed by atoms with Gasteiger partial charge in [0, 0.05) is 16.9 Å². The molecule has 0 radical (unpaired) electrons. The Hall–Kier alpha value is -3.68. The second kappa shape index (κ2) is 7.38. The SMILES string of the molecule is COC(=O)c1cccc(NC(=O)Nc2ccc3c(c2)C(=O)N(C(C)(C)C)C3=O)c1. The smallest absolute Gasteiger partial charge is 0.337 e. The van der Waals surface area contributed by atoms with Gasteiger partial charge in [-0.3, -0.25) is 14.5 Å². The molecule has 0 fully saturated rings. The van der Waals surface area contributed by atoms with Crippen LogP contribution in [-0.4, -0.2) is 41.4 Å². The van der Waals surface area contributed by atoms with Gasteiger partial charge in [0.25, 0.3) is 11.8 Å². The van der Waals surface area contributed by atoms with Gasteiger partial charge in [0.2, 0.25) is 0 Å². The Balaban J connectivity index is 1.76. The average Bonchev–Trinajstić information content (AvgIpc) is 2.91. The van der Waals surface area contributed by atoms with Crippen LogP contribution in [0.5, 0.6) is 0 Å². The van der Waals surface area contributed by atoms with Gasteiger partial charge in [-0.2, -0.15) is 0 Å². The second-order valence-electron chi connectivity index (χ2n) is 7.53. The number of nitrogens with one attached hydrogen (secondary N) is 2. The monoisotopic (exact) mass is 395 g/mol. The summed E-state index contributed by atoms with van der Waals surface area (Å²) in [5.74, 6) is -1.26. The molecule has 1 heterocycles. The van der Waals surface area contributed by atoms with E-state index in [-0.39, 0.29) is 11.5 Å². The first kappa shape index (κ1) is 20.1. The van der Waals surface area contributed by atoms with Crippen LogP contribution in [0.4, 0.5) is 16.2 Å².